The van der Waals surface area contributed by atoms with Gasteiger partial charge in [0.05, 0.1) is 0 Å². The van der Waals surface area contributed by atoms with E-state index in [2.05, 4.69) is 41.4 Å². The van der Waals surface area contributed by atoms with Gasteiger partial charge in [0.15, 0.2) is 0 Å². The maximum absolute atomic E-state index is 5.83. The highest BCUT2D eigenvalue weighted by Gasteiger charge is 2.21. The summed E-state index contributed by atoms with van der Waals surface area (Å²) in [6.45, 7) is 6.28. The highest BCUT2D eigenvalue weighted by Crippen LogP contribution is 2.19. The Morgan fingerprint density at radius 1 is 1.32 bits per heavy atom. The number of hydrogen-bond donors (Lipinski definition) is 1. The molecular formula is C16H26N2O. The van der Waals surface area contributed by atoms with Gasteiger partial charge in [0.1, 0.15) is 12.4 Å². The monoisotopic (exact) mass is 262 g/mol. The fraction of sp³-hybridized carbons (Fsp3) is 0.625. The van der Waals surface area contributed by atoms with Crippen molar-refractivity contribution < 1.29 is 4.74 Å². The van der Waals surface area contributed by atoms with E-state index in [-0.39, 0.29) is 0 Å². The Hall–Kier alpha value is -1.06. The summed E-state index contributed by atoms with van der Waals surface area (Å²) in [6, 6.07) is 9.15. The summed E-state index contributed by atoms with van der Waals surface area (Å²) in [5.74, 6) is 0.979. The van der Waals surface area contributed by atoms with E-state index in [1.54, 1.807) is 0 Å². The molecular weight excluding hydrogens is 236 g/mol. The smallest absolute Gasteiger partial charge is 0.119 e. The molecule has 0 spiro atoms. The third kappa shape index (κ3) is 4.22. The summed E-state index contributed by atoms with van der Waals surface area (Å²) < 4.78 is 5.83. The molecule has 1 aromatic carbocycles. The van der Waals surface area contributed by atoms with Crippen LogP contribution in [0.3, 0.4) is 0 Å². The molecule has 19 heavy (non-hydrogen) atoms. The van der Waals surface area contributed by atoms with Crippen molar-refractivity contribution in [1.29, 1.82) is 0 Å². The molecule has 0 aliphatic carbocycles. The van der Waals surface area contributed by atoms with Crippen molar-refractivity contribution in [3.05, 3.63) is 29.8 Å². The lowest BCUT2D eigenvalue weighted by Crippen LogP contribution is -2.32. The summed E-state index contributed by atoms with van der Waals surface area (Å²) in [4.78, 5) is 2.56. The van der Waals surface area contributed by atoms with Crippen molar-refractivity contribution >= 4 is 0 Å². The Kier molecular flexibility index (Phi) is 5.67. The van der Waals surface area contributed by atoms with Gasteiger partial charge in [-0.1, -0.05) is 19.1 Å². The summed E-state index contributed by atoms with van der Waals surface area (Å²) in [5, 5.41) is 3.15. The third-order valence-electron chi connectivity index (χ3n) is 3.92. The van der Waals surface area contributed by atoms with Crippen molar-refractivity contribution in [2.75, 3.05) is 26.7 Å². The average Bonchev–Trinajstić information content (AvgIpc) is 2.88. The summed E-state index contributed by atoms with van der Waals surface area (Å²) in [6.07, 6.45) is 3.96. The SMILES string of the molecule is CCC1CCCN1CCOc1ccc(CNC)cc1. The number of hydrogen-bond acceptors (Lipinski definition) is 3. The Morgan fingerprint density at radius 3 is 2.79 bits per heavy atom. The number of ether oxygens (including phenoxy) is 1. The zero-order chi connectivity index (χ0) is 13.5. The first-order valence-corrected chi connectivity index (χ1v) is 7.44. The molecule has 1 aromatic rings. The first-order chi connectivity index (χ1) is 9.33. The van der Waals surface area contributed by atoms with Gasteiger partial charge in [0, 0.05) is 19.1 Å². The largest absolute Gasteiger partial charge is 0.492 e. The number of rotatable bonds is 7. The second-order valence-corrected chi connectivity index (χ2v) is 5.26. The van der Waals surface area contributed by atoms with Gasteiger partial charge in [-0.2, -0.15) is 0 Å². The summed E-state index contributed by atoms with van der Waals surface area (Å²) in [7, 11) is 1.96. The van der Waals surface area contributed by atoms with Gasteiger partial charge in [-0.15, -0.1) is 0 Å². The molecule has 0 amide bonds. The highest BCUT2D eigenvalue weighted by atomic mass is 16.5. The van der Waals surface area contributed by atoms with Crippen LogP contribution >= 0.6 is 0 Å². The topological polar surface area (TPSA) is 24.5 Å². The highest BCUT2D eigenvalue weighted by molar-refractivity contribution is 5.27. The van der Waals surface area contributed by atoms with Crippen LogP contribution in [0.1, 0.15) is 31.7 Å². The first kappa shape index (κ1) is 14.4. The second-order valence-electron chi connectivity index (χ2n) is 5.26. The standard InChI is InChI=1S/C16H26N2O/c1-3-15-5-4-10-18(15)11-12-19-16-8-6-14(7-9-16)13-17-2/h6-9,15,17H,3-5,10-13H2,1-2H3. The van der Waals surface area contributed by atoms with Crippen LogP contribution in [0.4, 0.5) is 0 Å². The van der Waals surface area contributed by atoms with Crippen LogP contribution in [-0.4, -0.2) is 37.7 Å². The quantitative estimate of drug-likeness (QED) is 0.817. The Balaban J connectivity index is 1.73. The number of nitrogens with one attached hydrogen (secondary N) is 1. The molecule has 1 aliphatic heterocycles. The van der Waals surface area contributed by atoms with Crippen LogP contribution in [-0.2, 0) is 6.54 Å². The number of benzene rings is 1. The Morgan fingerprint density at radius 2 is 2.11 bits per heavy atom. The molecule has 0 aromatic heterocycles. The van der Waals surface area contributed by atoms with E-state index in [4.69, 9.17) is 4.74 Å². The van der Waals surface area contributed by atoms with Gasteiger partial charge in [-0.05, 0) is 50.6 Å². The maximum Gasteiger partial charge on any atom is 0.119 e. The molecule has 106 valence electrons. The van der Waals surface area contributed by atoms with Crippen LogP contribution in [0, 0.1) is 0 Å². The van der Waals surface area contributed by atoms with Crippen molar-refractivity contribution in [3.8, 4) is 5.75 Å². The predicted molar refractivity (Wildman–Crippen MR) is 79.6 cm³/mol. The van der Waals surface area contributed by atoms with Gasteiger partial charge < -0.3 is 10.1 Å². The molecule has 1 saturated heterocycles. The Labute approximate surface area is 116 Å². The minimum atomic E-state index is 0.779. The van der Waals surface area contributed by atoms with Crippen LogP contribution in [0.5, 0.6) is 5.75 Å². The maximum atomic E-state index is 5.83. The molecule has 1 aliphatic rings. The van der Waals surface area contributed by atoms with E-state index in [1.165, 1.54) is 31.4 Å². The molecule has 1 atom stereocenters. The molecule has 1 heterocycles. The van der Waals surface area contributed by atoms with E-state index < -0.39 is 0 Å². The minimum absolute atomic E-state index is 0.779. The van der Waals surface area contributed by atoms with Gasteiger partial charge in [0.25, 0.3) is 0 Å². The normalized spacial score (nSPS) is 19.8. The van der Waals surface area contributed by atoms with Crippen LogP contribution < -0.4 is 10.1 Å². The van der Waals surface area contributed by atoms with E-state index >= 15 is 0 Å². The first-order valence-electron chi connectivity index (χ1n) is 7.44. The molecule has 0 radical (unpaired) electrons. The van der Waals surface area contributed by atoms with Gasteiger partial charge in [-0.3, -0.25) is 4.90 Å². The fourth-order valence-electron chi connectivity index (χ4n) is 2.84. The number of nitrogens with zero attached hydrogens (tertiary/aromatic N) is 1. The average molecular weight is 262 g/mol. The van der Waals surface area contributed by atoms with Gasteiger partial charge in [-0.25, -0.2) is 0 Å². The van der Waals surface area contributed by atoms with E-state index in [0.29, 0.717) is 0 Å². The van der Waals surface area contributed by atoms with Crippen LogP contribution in [0.2, 0.25) is 0 Å². The molecule has 2 rings (SSSR count). The molecule has 3 nitrogen and oxygen atoms in total. The summed E-state index contributed by atoms with van der Waals surface area (Å²) in [5.41, 5.74) is 1.29. The van der Waals surface area contributed by atoms with Gasteiger partial charge >= 0.3 is 0 Å². The molecule has 0 bridgehead atoms. The minimum Gasteiger partial charge on any atom is -0.492 e. The second kappa shape index (κ2) is 7.51. The van der Waals surface area contributed by atoms with Crippen molar-refractivity contribution in [2.45, 2.75) is 38.8 Å². The molecule has 1 unspecified atom stereocenters. The summed E-state index contributed by atoms with van der Waals surface area (Å²) >= 11 is 0. The molecule has 0 saturated carbocycles. The third-order valence-corrected chi connectivity index (χ3v) is 3.92. The lowest BCUT2D eigenvalue weighted by atomic mass is 10.2. The van der Waals surface area contributed by atoms with E-state index in [9.17, 15) is 0 Å². The molecule has 1 N–H and O–H groups in total. The van der Waals surface area contributed by atoms with Crippen molar-refractivity contribution in [2.24, 2.45) is 0 Å². The van der Waals surface area contributed by atoms with Crippen LogP contribution in [0.15, 0.2) is 24.3 Å². The van der Waals surface area contributed by atoms with Gasteiger partial charge in [0.2, 0.25) is 0 Å². The molecule has 1 fully saturated rings. The number of likely N-dealkylation sites (tertiary alicyclic amines) is 1. The zero-order valence-electron chi connectivity index (χ0n) is 12.2. The van der Waals surface area contributed by atoms with Crippen LogP contribution in [0.25, 0.3) is 0 Å². The lowest BCUT2D eigenvalue weighted by Gasteiger charge is -2.23. The van der Waals surface area contributed by atoms with Crippen molar-refractivity contribution in [1.82, 2.24) is 10.2 Å². The molecule has 3 heteroatoms. The lowest BCUT2D eigenvalue weighted by molar-refractivity contribution is 0.193. The van der Waals surface area contributed by atoms with Crippen molar-refractivity contribution in [3.63, 3.8) is 0 Å². The predicted octanol–water partition coefficient (Wildman–Crippen LogP) is 2.66. The van der Waals surface area contributed by atoms with E-state index in [1.807, 2.05) is 7.05 Å². The fourth-order valence-corrected chi connectivity index (χ4v) is 2.84. The Bertz CT molecular complexity index is 364. The zero-order valence-corrected chi connectivity index (χ0v) is 12.2. The van der Waals surface area contributed by atoms with E-state index in [0.717, 1.165) is 31.5 Å².